The van der Waals surface area contributed by atoms with E-state index in [1.165, 1.54) is 18.4 Å². The Balaban J connectivity index is 2.07. The highest BCUT2D eigenvalue weighted by Crippen LogP contribution is 2.23. The van der Waals surface area contributed by atoms with Crippen LogP contribution in [0.5, 0.6) is 0 Å². The van der Waals surface area contributed by atoms with Crippen molar-refractivity contribution >= 4 is 21.7 Å². The Morgan fingerprint density at radius 2 is 2.17 bits per heavy atom. The molecule has 0 amide bonds. The van der Waals surface area contributed by atoms with Gasteiger partial charge in [-0.25, -0.2) is 4.98 Å². The molecule has 0 unspecified atom stereocenters. The van der Waals surface area contributed by atoms with Gasteiger partial charge in [0, 0.05) is 23.8 Å². The first kappa shape index (κ1) is 13.8. The third kappa shape index (κ3) is 3.45. The van der Waals surface area contributed by atoms with Crippen molar-refractivity contribution in [3.05, 3.63) is 22.3 Å². The molecule has 0 spiro atoms. The van der Waals surface area contributed by atoms with Crippen LogP contribution in [0.15, 0.2) is 16.7 Å². The number of nitrogens with zero attached hydrogens (tertiary/aromatic N) is 2. The summed E-state index contributed by atoms with van der Waals surface area (Å²) in [6.07, 6.45) is 4.46. The fourth-order valence-electron chi connectivity index (χ4n) is 2.61. The van der Waals surface area contributed by atoms with Crippen molar-refractivity contribution in [1.29, 1.82) is 0 Å². The lowest BCUT2D eigenvalue weighted by atomic mass is 9.97. The molecule has 2 rings (SSSR count). The van der Waals surface area contributed by atoms with E-state index in [4.69, 9.17) is 0 Å². The van der Waals surface area contributed by atoms with Crippen LogP contribution in [0.4, 0.5) is 5.82 Å². The zero-order chi connectivity index (χ0) is 13.0. The third-order valence-electron chi connectivity index (χ3n) is 3.64. The number of hydrogen-bond donors (Lipinski definition) is 1. The van der Waals surface area contributed by atoms with Crippen LogP contribution in [0.25, 0.3) is 0 Å². The van der Waals surface area contributed by atoms with Gasteiger partial charge in [-0.3, -0.25) is 0 Å². The SMILES string of the molecule is CCN(CC1CCNCC1)c1ncc(Br)cc1C. The van der Waals surface area contributed by atoms with E-state index in [0.717, 1.165) is 42.4 Å². The molecular weight excluding hydrogens is 290 g/mol. The van der Waals surface area contributed by atoms with Crippen LogP contribution < -0.4 is 10.2 Å². The first-order valence-corrected chi connectivity index (χ1v) is 7.57. The highest BCUT2D eigenvalue weighted by Gasteiger charge is 2.18. The van der Waals surface area contributed by atoms with Gasteiger partial charge in [0.05, 0.1) is 0 Å². The molecule has 3 nitrogen and oxygen atoms in total. The predicted molar refractivity (Wildman–Crippen MR) is 80.2 cm³/mol. The summed E-state index contributed by atoms with van der Waals surface area (Å²) in [5.41, 5.74) is 1.25. The molecule has 1 N–H and O–H groups in total. The summed E-state index contributed by atoms with van der Waals surface area (Å²) in [4.78, 5) is 6.99. The maximum absolute atomic E-state index is 4.58. The van der Waals surface area contributed by atoms with E-state index >= 15 is 0 Å². The predicted octanol–water partition coefficient (Wildman–Crippen LogP) is 2.98. The Kier molecular flexibility index (Phi) is 5.01. The van der Waals surface area contributed by atoms with Gasteiger partial charge in [-0.05, 0) is 73.3 Å². The smallest absolute Gasteiger partial charge is 0.131 e. The molecule has 1 saturated heterocycles. The van der Waals surface area contributed by atoms with Crippen LogP contribution in [-0.2, 0) is 0 Å². The summed E-state index contributed by atoms with van der Waals surface area (Å²) in [6.45, 7) is 8.83. The molecule has 0 saturated carbocycles. The zero-order valence-electron chi connectivity index (χ0n) is 11.2. The monoisotopic (exact) mass is 311 g/mol. The fraction of sp³-hybridized carbons (Fsp3) is 0.643. The molecule has 1 aliphatic heterocycles. The van der Waals surface area contributed by atoms with Crippen LogP contribution in [-0.4, -0.2) is 31.2 Å². The van der Waals surface area contributed by atoms with Crippen LogP contribution in [0.2, 0.25) is 0 Å². The molecule has 1 fully saturated rings. The van der Waals surface area contributed by atoms with E-state index in [1.54, 1.807) is 0 Å². The van der Waals surface area contributed by atoms with Crippen molar-refractivity contribution in [3.8, 4) is 0 Å². The van der Waals surface area contributed by atoms with E-state index in [2.05, 4.69) is 51.0 Å². The van der Waals surface area contributed by atoms with E-state index < -0.39 is 0 Å². The number of halogens is 1. The third-order valence-corrected chi connectivity index (χ3v) is 4.07. The van der Waals surface area contributed by atoms with Gasteiger partial charge in [0.2, 0.25) is 0 Å². The molecular formula is C14H22BrN3. The van der Waals surface area contributed by atoms with Crippen molar-refractivity contribution in [3.63, 3.8) is 0 Å². The number of anilines is 1. The minimum atomic E-state index is 0.802. The average Bonchev–Trinajstić information content (AvgIpc) is 2.38. The summed E-state index contributed by atoms with van der Waals surface area (Å²) < 4.78 is 1.06. The number of hydrogen-bond acceptors (Lipinski definition) is 3. The molecule has 0 atom stereocenters. The summed E-state index contributed by atoms with van der Waals surface area (Å²) in [5.74, 6) is 1.94. The Morgan fingerprint density at radius 3 is 2.78 bits per heavy atom. The Labute approximate surface area is 118 Å². The summed E-state index contributed by atoms with van der Waals surface area (Å²) in [5, 5.41) is 3.42. The lowest BCUT2D eigenvalue weighted by Gasteiger charge is -2.31. The summed E-state index contributed by atoms with van der Waals surface area (Å²) >= 11 is 3.48. The maximum atomic E-state index is 4.58. The largest absolute Gasteiger partial charge is 0.356 e. The van der Waals surface area contributed by atoms with Crippen molar-refractivity contribution in [1.82, 2.24) is 10.3 Å². The zero-order valence-corrected chi connectivity index (χ0v) is 12.8. The number of aromatic nitrogens is 1. The molecule has 4 heteroatoms. The average molecular weight is 312 g/mol. The number of nitrogens with one attached hydrogen (secondary N) is 1. The Hall–Kier alpha value is -0.610. The van der Waals surface area contributed by atoms with E-state index in [9.17, 15) is 0 Å². The molecule has 0 radical (unpaired) electrons. The minimum absolute atomic E-state index is 0.802. The molecule has 0 aliphatic carbocycles. The second kappa shape index (κ2) is 6.53. The first-order chi connectivity index (χ1) is 8.70. The first-order valence-electron chi connectivity index (χ1n) is 6.78. The standard InChI is InChI=1S/C14H22BrN3/c1-3-18(10-12-4-6-16-7-5-12)14-11(2)8-13(15)9-17-14/h8-9,12,16H,3-7,10H2,1-2H3. The second-order valence-corrected chi connectivity index (χ2v) is 5.94. The van der Waals surface area contributed by atoms with Gasteiger partial charge in [-0.2, -0.15) is 0 Å². The van der Waals surface area contributed by atoms with Gasteiger partial charge >= 0.3 is 0 Å². The van der Waals surface area contributed by atoms with Gasteiger partial charge in [-0.15, -0.1) is 0 Å². The lowest BCUT2D eigenvalue weighted by Crippen LogP contribution is -2.36. The van der Waals surface area contributed by atoms with Crippen molar-refractivity contribution in [2.75, 3.05) is 31.1 Å². The van der Waals surface area contributed by atoms with Crippen LogP contribution in [0, 0.1) is 12.8 Å². The van der Waals surface area contributed by atoms with Crippen LogP contribution in [0.1, 0.15) is 25.3 Å². The topological polar surface area (TPSA) is 28.2 Å². The van der Waals surface area contributed by atoms with Crippen LogP contribution in [0.3, 0.4) is 0 Å². The Bertz CT molecular complexity index is 389. The maximum Gasteiger partial charge on any atom is 0.131 e. The highest BCUT2D eigenvalue weighted by molar-refractivity contribution is 9.10. The molecule has 0 aromatic carbocycles. The van der Waals surface area contributed by atoms with E-state index in [1.807, 2.05) is 6.20 Å². The van der Waals surface area contributed by atoms with Gasteiger partial charge in [-0.1, -0.05) is 0 Å². The van der Waals surface area contributed by atoms with Crippen molar-refractivity contribution in [2.45, 2.75) is 26.7 Å². The van der Waals surface area contributed by atoms with Gasteiger partial charge in [0.1, 0.15) is 5.82 Å². The number of rotatable bonds is 4. The molecule has 100 valence electrons. The quantitative estimate of drug-likeness (QED) is 0.926. The molecule has 1 aromatic heterocycles. The molecule has 1 aromatic rings. The normalized spacial score (nSPS) is 16.8. The lowest BCUT2D eigenvalue weighted by molar-refractivity contribution is 0.374. The number of aryl methyl sites for hydroxylation is 1. The van der Waals surface area contributed by atoms with E-state index in [-0.39, 0.29) is 0 Å². The number of piperidine rings is 1. The molecule has 18 heavy (non-hydrogen) atoms. The van der Waals surface area contributed by atoms with Crippen LogP contribution >= 0.6 is 15.9 Å². The molecule has 0 bridgehead atoms. The van der Waals surface area contributed by atoms with Gasteiger partial charge in [0.25, 0.3) is 0 Å². The summed E-state index contributed by atoms with van der Waals surface area (Å²) in [7, 11) is 0. The number of pyridine rings is 1. The fourth-order valence-corrected chi connectivity index (χ4v) is 3.05. The minimum Gasteiger partial charge on any atom is -0.356 e. The second-order valence-electron chi connectivity index (χ2n) is 5.03. The van der Waals surface area contributed by atoms with Crippen molar-refractivity contribution in [2.24, 2.45) is 5.92 Å². The van der Waals surface area contributed by atoms with Crippen molar-refractivity contribution < 1.29 is 0 Å². The Morgan fingerprint density at radius 1 is 1.44 bits per heavy atom. The van der Waals surface area contributed by atoms with Gasteiger partial charge in [0.15, 0.2) is 0 Å². The van der Waals surface area contributed by atoms with Gasteiger partial charge < -0.3 is 10.2 Å². The summed E-state index contributed by atoms with van der Waals surface area (Å²) in [6, 6.07) is 2.15. The molecule has 1 aliphatic rings. The van der Waals surface area contributed by atoms with E-state index in [0.29, 0.717) is 0 Å². The highest BCUT2D eigenvalue weighted by atomic mass is 79.9. The molecule has 2 heterocycles.